The minimum atomic E-state index is -0.443. The molecule has 4 heteroatoms. The Balaban J connectivity index is 2.22. The Labute approximate surface area is 97.8 Å². The molecule has 0 aromatic carbocycles. The molecular weight excluding hydrogens is 204 g/mol. The molecule has 0 radical (unpaired) electrons. The van der Waals surface area contributed by atoms with E-state index in [0.717, 1.165) is 6.54 Å². The molecule has 0 bridgehead atoms. The number of hydrogen-bond donors (Lipinski definition) is 1. The molecule has 0 spiro atoms. The molecule has 1 aliphatic rings. The highest BCUT2D eigenvalue weighted by molar-refractivity contribution is 4.87. The molecule has 0 aromatic heterocycles. The Bertz CT molecular complexity index is 234. The zero-order valence-electron chi connectivity index (χ0n) is 10.2. The van der Waals surface area contributed by atoms with Gasteiger partial charge in [-0.15, -0.1) is 0 Å². The van der Waals surface area contributed by atoms with Gasteiger partial charge in [0.1, 0.15) is 0 Å². The normalized spacial score (nSPS) is 17.8. The summed E-state index contributed by atoms with van der Waals surface area (Å²) in [6.45, 7) is 5.69. The van der Waals surface area contributed by atoms with Crippen molar-refractivity contribution in [1.82, 2.24) is 4.90 Å². The maximum Gasteiger partial charge on any atom is 0.0900 e. The van der Waals surface area contributed by atoms with Gasteiger partial charge in [-0.3, -0.25) is 4.90 Å². The van der Waals surface area contributed by atoms with Crippen LogP contribution in [0.1, 0.15) is 33.1 Å². The van der Waals surface area contributed by atoms with Gasteiger partial charge in [-0.1, -0.05) is 0 Å². The van der Waals surface area contributed by atoms with Crippen LogP contribution in [0, 0.1) is 11.3 Å². The first-order valence-corrected chi connectivity index (χ1v) is 6.04. The van der Waals surface area contributed by atoms with E-state index in [1.54, 1.807) is 0 Å². The van der Waals surface area contributed by atoms with Crippen molar-refractivity contribution in [2.45, 2.75) is 51.4 Å². The lowest BCUT2D eigenvalue weighted by atomic mass is 10.3. The molecule has 16 heavy (non-hydrogen) atoms. The molecule has 1 unspecified atom stereocenters. The second-order valence-corrected chi connectivity index (χ2v) is 4.67. The van der Waals surface area contributed by atoms with Crippen LogP contribution in [0.2, 0.25) is 0 Å². The monoisotopic (exact) mass is 226 g/mol. The number of nitriles is 1. The first-order chi connectivity index (χ1) is 7.63. The van der Waals surface area contributed by atoms with Crippen molar-refractivity contribution in [2.24, 2.45) is 0 Å². The molecule has 1 saturated carbocycles. The van der Waals surface area contributed by atoms with Crippen LogP contribution in [0.4, 0.5) is 0 Å². The molecule has 1 atom stereocenters. The Kier molecular flexibility index (Phi) is 5.75. The van der Waals surface area contributed by atoms with Crippen LogP contribution in [0.15, 0.2) is 0 Å². The second-order valence-electron chi connectivity index (χ2n) is 4.67. The van der Waals surface area contributed by atoms with Crippen molar-refractivity contribution in [3.63, 3.8) is 0 Å². The molecule has 1 N–H and O–H groups in total. The van der Waals surface area contributed by atoms with Gasteiger partial charge in [0.05, 0.1) is 24.9 Å². The van der Waals surface area contributed by atoms with Crippen LogP contribution in [-0.4, -0.2) is 48.0 Å². The molecule has 1 aliphatic carbocycles. The maximum absolute atomic E-state index is 9.79. The molecule has 92 valence electrons. The van der Waals surface area contributed by atoms with Gasteiger partial charge >= 0.3 is 0 Å². The van der Waals surface area contributed by atoms with Gasteiger partial charge in [0.15, 0.2) is 0 Å². The van der Waals surface area contributed by atoms with E-state index < -0.39 is 6.10 Å². The summed E-state index contributed by atoms with van der Waals surface area (Å²) in [5, 5.41) is 18.4. The predicted octanol–water partition coefficient (Wildman–Crippen LogP) is 1.15. The molecule has 1 rings (SSSR count). The van der Waals surface area contributed by atoms with E-state index in [1.807, 2.05) is 13.8 Å². The van der Waals surface area contributed by atoms with E-state index in [-0.39, 0.29) is 6.10 Å². The van der Waals surface area contributed by atoms with Crippen LogP contribution in [0.3, 0.4) is 0 Å². The number of nitrogens with zero attached hydrogens (tertiary/aromatic N) is 2. The zero-order chi connectivity index (χ0) is 12.0. The van der Waals surface area contributed by atoms with Crippen LogP contribution in [-0.2, 0) is 4.74 Å². The fourth-order valence-electron chi connectivity index (χ4n) is 1.68. The summed E-state index contributed by atoms with van der Waals surface area (Å²) < 4.78 is 5.37. The maximum atomic E-state index is 9.79. The summed E-state index contributed by atoms with van der Waals surface area (Å²) in [6, 6.07) is 2.73. The largest absolute Gasteiger partial charge is 0.389 e. The summed E-state index contributed by atoms with van der Waals surface area (Å²) >= 11 is 0. The van der Waals surface area contributed by atoms with Crippen molar-refractivity contribution in [3.8, 4) is 6.07 Å². The van der Waals surface area contributed by atoms with Crippen molar-refractivity contribution in [3.05, 3.63) is 0 Å². The van der Waals surface area contributed by atoms with Gasteiger partial charge in [-0.05, 0) is 26.7 Å². The number of aliphatic hydroxyl groups is 1. The van der Waals surface area contributed by atoms with Gasteiger partial charge < -0.3 is 9.84 Å². The quantitative estimate of drug-likeness (QED) is 0.674. The van der Waals surface area contributed by atoms with Crippen molar-refractivity contribution in [2.75, 3.05) is 19.7 Å². The van der Waals surface area contributed by atoms with Gasteiger partial charge in [0, 0.05) is 25.6 Å². The third kappa shape index (κ3) is 5.45. The van der Waals surface area contributed by atoms with Crippen molar-refractivity contribution >= 4 is 0 Å². The van der Waals surface area contributed by atoms with E-state index in [4.69, 9.17) is 10.00 Å². The second kappa shape index (κ2) is 6.85. The Morgan fingerprint density at radius 1 is 1.50 bits per heavy atom. The molecule has 0 aromatic rings. The fourth-order valence-corrected chi connectivity index (χ4v) is 1.68. The summed E-state index contributed by atoms with van der Waals surface area (Å²) in [6.07, 6.45) is 2.64. The lowest BCUT2D eigenvalue weighted by Crippen LogP contribution is -2.37. The molecule has 1 fully saturated rings. The fraction of sp³-hybridized carbons (Fsp3) is 0.917. The van der Waals surface area contributed by atoms with E-state index >= 15 is 0 Å². The summed E-state index contributed by atoms with van der Waals surface area (Å²) in [4.78, 5) is 2.21. The molecule has 0 amide bonds. The molecular formula is C12H22N2O2. The Morgan fingerprint density at radius 2 is 2.19 bits per heavy atom. The molecule has 0 heterocycles. The third-order valence-electron chi connectivity index (χ3n) is 2.64. The van der Waals surface area contributed by atoms with E-state index in [1.165, 1.54) is 12.8 Å². The van der Waals surface area contributed by atoms with Gasteiger partial charge in [0.25, 0.3) is 0 Å². The van der Waals surface area contributed by atoms with Crippen LogP contribution in [0.25, 0.3) is 0 Å². The highest BCUT2D eigenvalue weighted by Crippen LogP contribution is 2.26. The number of hydrogen-bond acceptors (Lipinski definition) is 4. The average Bonchev–Trinajstić information content (AvgIpc) is 3.05. The Morgan fingerprint density at radius 3 is 2.69 bits per heavy atom. The minimum Gasteiger partial charge on any atom is -0.389 e. The van der Waals surface area contributed by atoms with E-state index in [0.29, 0.717) is 25.6 Å². The van der Waals surface area contributed by atoms with Gasteiger partial charge in [0.2, 0.25) is 0 Å². The van der Waals surface area contributed by atoms with Crippen LogP contribution >= 0.6 is 0 Å². The molecule has 4 nitrogen and oxygen atoms in total. The van der Waals surface area contributed by atoms with E-state index in [2.05, 4.69) is 11.0 Å². The van der Waals surface area contributed by atoms with E-state index in [9.17, 15) is 5.11 Å². The summed E-state index contributed by atoms with van der Waals surface area (Å²) in [5.74, 6) is 0. The number of rotatable bonds is 8. The highest BCUT2D eigenvalue weighted by Gasteiger charge is 2.29. The van der Waals surface area contributed by atoms with Crippen molar-refractivity contribution < 1.29 is 9.84 Å². The van der Waals surface area contributed by atoms with Crippen LogP contribution < -0.4 is 0 Å². The minimum absolute atomic E-state index is 0.156. The van der Waals surface area contributed by atoms with Crippen molar-refractivity contribution in [1.29, 1.82) is 5.26 Å². The number of aliphatic hydroxyl groups excluding tert-OH is 1. The standard InChI is InChI=1S/C12H22N2O2/c1-10(2)16-9-12(15)8-14(7-3-6-13)11-4-5-11/h10-12,15H,3-5,7-9H2,1-2H3. The lowest BCUT2D eigenvalue weighted by molar-refractivity contribution is -0.00928. The smallest absolute Gasteiger partial charge is 0.0900 e. The van der Waals surface area contributed by atoms with Crippen LogP contribution in [0.5, 0.6) is 0 Å². The molecule has 0 saturated heterocycles. The first kappa shape index (κ1) is 13.4. The first-order valence-electron chi connectivity index (χ1n) is 6.04. The third-order valence-corrected chi connectivity index (χ3v) is 2.64. The SMILES string of the molecule is CC(C)OCC(O)CN(CCC#N)C1CC1. The summed E-state index contributed by atoms with van der Waals surface area (Å²) in [5.41, 5.74) is 0. The molecule has 0 aliphatic heterocycles. The van der Waals surface area contributed by atoms with Gasteiger partial charge in [-0.2, -0.15) is 5.26 Å². The summed E-state index contributed by atoms with van der Waals surface area (Å²) in [7, 11) is 0. The van der Waals surface area contributed by atoms with Gasteiger partial charge in [-0.25, -0.2) is 0 Å². The Hall–Kier alpha value is -0.630. The predicted molar refractivity (Wildman–Crippen MR) is 61.9 cm³/mol. The zero-order valence-corrected chi connectivity index (χ0v) is 10.2. The number of ether oxygens (including phenoxy) is 1. The average molecular weight is 226 g/mol. The lowest BCUT2D eigenvalue weighted by Gasteiger charge is -2.24. The topological polar surface area (TPSA) is 56.5 Å². The highest BCUT2D eigenvalue weighted by atomic mass is 16.5.